The van der Waals surface area contributed by atoms with Gasteiger partial charge in [-0.15, -0.1) is 11.8 Å². The minimum Gasteiger partial charge on any atom is -0.492 e. The SMILES string of the molecule is CCCCCOc1cccc(SCC)c1C#N. The van der Waals surface area contributed by atoms with E-state index in [1.54, 1.807) is 11.8 Å². The Morgan fingerprint density at radius 2 is 2.12 bits per heavy atom. The van der Waals surface area contributed by atoms with E-state index in [9.17, 15) is 5.26 Å². The first-order valence-corrected chi connectivity index (χ1v) is 7.10. The molecule has 0 heterocycles. The van der Waals surface area contributed by atoms with E-state index in [1.165, 1.54) is 12.8 Å². The smallest absolute Gasteiger partial charge is 0.138 e. The molecule has 0 aliphatic heterocycles. The molecule has 0 aliphatic rings. The summed E-state index contributed by atoms with van der Waals surface area (Å²) >= 11 is 1.68. The van der Waals surface area contributed by atoms with Gasteiger partial charge in [0, 0.05) is 4.90 Å². The van der Waals surface area contributed by atoms with Crippen LogP contribution in [0.4, 0.5) is 0 Å². The third-order valence-corrected chi connectivity index (χ3v) is 3.34. The van der Waals surface area contributed by atoms with Gasteiger partial charge >= 0.3 is 0 Å². The zero-order chi connectivity index (χ0) is 12.5. The van der Waals surface area contributed by atoms with Crippen LogP contribution < -0.4 is 4.74 Å². The first-order valence-electron chi connectivity index (χ1n) is 6.12. The summed E-state index contributed by atoms with van der Waals surface area (Å²) in [4.78, 5) is 1.02. The molecule has 1 rings (SSSR count). The Hall–Kier alpha value is -1.14. The number of ether oxygens (including phenoxy) is 1. The third-order valence-electron chi connectivity index (χ3n) is 2.41. The van der Waals surface area contributed by atoms with Crippen LogP contribution in [0.25, 0.3) is 0 Å². The van der Waals surface area contributed by atoms with Gasteiger partial charge in [-0.1, -0.05) is 32.8 Å². The second-order valence-electron chi connectivity index (χ2n) is 3.73. The van der Waals surface area contributed by atoms with Crippen LogP contribution in [0.15, 0.2) is 23.1 Å². The first kappa shape index (κ1) is 13.9. The Balaban J connectivity index is 2.70. The highest BCUT2D eigenvalue weighted by atomic mass is 32.2. The lowest BCUT2D eigenvalue weighted by Crippen LogP contribution is -1.99. The molecule has 1 aromatic carbocycles. The maximum absolute atomic E-state index is 9.19. The molecular weight excluding hydrogens is 230 g/mol. The molecule has 0 spiro atoms. The summed E-state index contributed by atoms with van der Waals surface area (Å²) in [5.41, 5.74) is 0.677. The van der Waals surface area contributed by atoms with Gasteiger partial charge in [-0.05, 0) is 24.3 Å². The Labute approximate surface area is 108 Å². The molecule has 0 unspecified atom stereocenters. The van der Waals surface area contributed by atoms with Crippen molar-refractivity contribution in [2.24, 2.45) is 0 Å². The second-order valence-corrected chi connectivity index (χ2v) is 5.04. The summed E-state index contributed by atoms with van der Waals surface area (Å²) in [5, 5.41) is 9.19. The quantitative estimate of drug-likeness (QED) is 0.535. The molecule has 0 N–H and O–H groups in total. The Kier molecular flexibility index (Phi) is 6.57. The fourth-order valence-electron chi connectivity index (χ4n) is 1.55. The number of hydrogen-bond donors (Lipinski definition) is 0. The van der Waals surface area contributed by atoms with Crippen LogP contribution in [0.2, 0.25) is 0 Å². The molecule has 92 valence electrons. The molecule has 3 heteroatoms. The fourth-order valence-corrected chi connectivity index (χ4v) is 2.33. The second kappa shape index (κ2) is 8.03. The van der Waals surface area contributed by atoms with Crippen molar-refractivity contribution in [2.75, 3.05) is 12.4 Å². The average Bonchev–Trinajstić information content (AvgIpc) is 2.35. The van der Waals surface area contributed by atoms with Crippen LogP contribution in [0.5, 0.6) is 5.75 Å². The number of rotatable bonds is 7. The molecule has 0 atom stereocenters. The number of hydrogen-bond acceptors (Lipinski definition) is 3. The summed E-state index contributed by atoms with van der Waals surface area (Å²) in [5.74, 6) is 1.69. The van der Waals surface area contributed by atoms with Gasteiger partial charge < -0.3 is 4.74 Å². The average molecular weight is 249 g/mol. The molecule has 0 saturated heterocycles. The molecular formula is C14H19NOS. The van der Waals surface area contributed by atoms with Gasteiger partial charge in [-0.25, -0.2) is 0 Å². The van der Waals surface area contributed by atoms with E-state index in [0.717, 1.165) is 22.8 Å². The van der Waals surface area contributed by atoms with E-state index in [1.807, 2.05) is 18.2 Å². The van der Waals surface area contributed by atoms with Crippen molar-refractivity contribution in [2.45, 2.75) is 38.0 Å². The third kappa shape index (κ3) is 4.32. The van der Waals surface area contributed by atoms with Crippen LogP contribution in [-0.4, -0.2) is 12.4 Å². The largest absolute Gasteiger partial charge is 0.492 e. The van der Waals surface area contributed by atoms with Crippen LogP contribution >= 0.6 is 11.8 Å². The molecule has 0 amide bonds. The standard InChI is InChI=1S/C14H19NOS/c1-3-5-6-10-16-13-8-7-9-14(17-4-2)12(13)11-15/h7-9H,3-6,10H2,1-2H3. The zero-order valence-electron chi connectivity index (χ0n) is 10.5. The highest BCUT2D eigenvalue weighted by molar-refractivity contribution is 7.99. The zero-order valence-corrected chi connectivity index (χ0v) is 11.3. The van der Waals surface area contributed by atoms with Gasteiger partial charge in [0.1, 0.15) is 17.4 Å². The Morgan fingerprint density at radius 1 is 1.29 bits per heavy atom. The van der Waals surface area contributed by atoms with E-state index in [-0.39, 0.29) is 0 Å². The maximum atomic E-state index is 9.19. The lowest BCUT2D eigenvalue weighted by molar-refractivity contribution is 0.304. The number of thioether (sulfide) groups is 1. The number of nitrogens with zero attached hydrogens (tertiary/aromatic N) is 1. The van der Waals surface area contributed by atoms with Crippen molar-refractivity contribution in [3.63, 3.8) is 0 Å². The van der Waals surface area contributed by atoms with E-state index in [0.29, 0.717) is 12.2 Å². The molecule has 0 bridgehead atoms. The minimum atomic E-state index is 0.677. The number of unbranched alkanes of at least 4 members (excludes halogenated alkanes) is 2. The van der Waals surface area contributed by atoms with E-state index >= 15 is 0 Å². The molecule has 2 nitrogen and oxygen atoms in total. The number of benzene rings is 1. The Bertz CT molecular complexity index is 384. The summed E-state index contributed by atoms with van der Waals surface area (Å²) < 4.78 is 5.68. The van der Waals surface area contributed by atoms with Gasteiger partial charge in [-0.2, -0.15) is 5.26 Å². The summed E-state index contributed by atoms with van der Waals surface area (Å²) in [6.07, 6.45) is 3.40. The van der Waals surface area contributed by atoms with Gasteiger partial charge in [0.15, 0.2) is 0 Å². The summed E-state index contributed by atoms with van der Waals surface area (Å²) in [7, 11) is 0. The summed E-state index contributed by atoms with van der Waals surface area (Å²) in [6.45, 7) is 4.95. The fraction of sp³-hybridized carbons (Fsp3) is 0.500. The van der Waals surface area contributed by atoms with E-state index in [2.05, 4.69) is 19.9 Å². The predicted molar refractivity (Wildman–Crippen MR) is 72.6 cm³/mol. The lowest BCUT2D eigenvalue weighted by Gasteiger charge is -2.10. The molecule has 17 heavy (non-hydrogen) atoms. The molecule has 1 aromatic rings. The highest BCUT2D eigenvalue weighted by Crippen LogP contribution is 2.29. The van der Waals surface area contributed by atoms with Gasteiger partial charge in [0.2, 0.25) is 0 Å². The molecule has 0 saturated carbocycles. The van der Waals surface area contributed by atoms with E-state index in [4.69, 9.17) is 4.74 Å². The van der Waals surface area contributed by atoms with Crippen LogP contribution in [0.3, 0.4) is 0 Å². The van der Waals surface area contributed by atoms with Crippen molar-refractivity contribution in [1.29, 1.82) is 5.26 Å². The first-order chi connectivity index (χ1) is 8.33. The molecule has 0 fully saturated rings. The van der Waals surface area contributed by atoms with E-state index < -0.39 is 0 Å². The van der Waals surface area contributed by atoms with Crippen molar-refractivity contribution in [3.05, 3.63) is 23.8 Å². The topological polar surface area (TPSA) is 33.0 Å². The normalized spacial score (nSPS) is 9.94. The molecule has 0 radical (unpaired) electrons. The van der Waals surface area contributed by atoms with Crippen LogP contribution in [-0.2, 0) is 0 Å². The maximum Gasteiger partial charge on any atom is 0.138 e. The molecule has 0 aromatic heterocycles. The van der Waals surface area contributed by atoms with Crippen molar-refractivity contribution in [1.82, 2.24) is 0 Å². The summed E-state index contributed by atoms with van der Waals surface area (Å²) in [6, 6.07) is 8.05. The minimum absolute atomic E-state index is 0.677. The highest BCUT2D eigenvalue weighted by Gasteiger charge is 2.08. The van der Waals surface area contributed by atoms with Crippen LogP contribution in [0.1, 0.15) is 38.7 Å². The van der Waals surface area contributed by atoms with Gasteiger partial charge in [-0.3, -0.25) is 0 Å². The predicted octanol–water partition coefficient (Wildman–Crippen LogP) is 4.24. The molecule has 0 aliphatic carbocycles. The Morgan fingerprint density at radius 3 is 2.76 bits per heavy atom. The van der Waals surface area contributed by atoms with Crippen LogP contribution in [0, 0.1) is 11.3 Å². The van der Waals surface area contributed by atoms with Crippen molar-refractivity contribution >= 4 is 11.8 Å². The van der Waals surface area contributed by atoms with Gasteiger partial charge in [0.25, 0.3) is 0 Å². The van der Waals surface area contributed by atoms with Gasteiger partial charge in [0.05, 0.1) is 6.61 Å². The monoisotopic (exact) mass is 249 g/mol. The van der Waals surface area contributed by atoms with Crippen molar-refractivity contribution in [3.8, 4) is 11.8 Å². The lowest BCUT2D eigenvalue weighted by atomic mass is 10.2. The van der Waals surface area contributed by atoms with Crippen molar-refractivity contribution < 1.29 is 4.74 Å². The number of nitriles is 1.